The minimum absolute atomic E-state index is 0.169. The number of amides is 1. The summed E-state index contributed by atoms with van der Waals surface area (Å²) >= 11 is 0. The first-order valence-corrected chi connectivity index (χ1v) is 12.4. The second-order valence-corrected chi connectivity index (χ2v) is 9.71. The summed E-state index contributed by atoms with van der Waals surface area (Å²) in [6, 6.07) is 11.4. The lowest BCUT2D eigenvalue weighted by Gasteiger charge is -2.33. The molecule has 0 aliphatic carbocycles. The van der Waals surface area contributed by atoms with Crippen molar-refractivity contribution in [3.8, 4) is 6.01 Å². The number of nitrogens with zero attached hydrogens (tertiary/aromatic N) is 4. The summed E-state index contributed by atoms with van der Waals surface area (Å²) in [6.45, 7) is 4.86. The zero-order chi connectivity index (χ0) is 23.1. The molecule has 7 nitrogen and oxygen atoms in total. The van der Waals surface area contributed by atoms with Crippen LogP contribution in [0.1, 0.15) is 53.1 Å². The van der Waals surface area contributed by atoms with Crippen LogP contribution in [-0.4, -0.2) is 60.1 Å². The van der Waals surface area contributed by atoms with Gasteiger partial charge in [-0.1, -0.05) is 18.2 Å². The molecule has 7 heteroatoms. The van der Waals surface area contributed by atoms with Crippen LogP contribution in [0.3, 0.4) is 0 Å². The van der Waals surface area contributed by atoms with Gasteiger partial charge in [0.2, 0.25) is 0 Å². The van der Waals surface area contributed by atoms with Crippen molar-refractivity contribution in [3.63, 3.8) is 0 Å². The minimum atomic E-state index is 0.169. The minimum Gasteiger partial charge on any atom is -0.467 e. The molecule has 1 unspecified atom stereocenters. The molecule has 1 amide bonds. The number of likely N-dealkylation sites (tertiary alicyclic amines) is 1. The molecular formula is C27H31N5O2. The van der Waals surface area contributed by atoms with E-state index in [9.17, 15) is 4.79 Å². The third-order valence-corrected chi connectivity index (χ3v) is 7.69. The molecule has 2 fully saturated rings. The Kier molecular flexibility index (Phi) is 5.67. The predicted octanol–water partition coefficient (Wildman–Crippen LogP) is 3.73. The number of nitrogens with one attached hydrogen (secondary N) is 1. The van der Waals surface area contributed by atoms with Crippen LogP contribution in [0.15, 0.2) is 42.7 Å². The van der Waals surface area contributed by atoms with Gasteiger partial charge in [-0.15, -0.1) is 0 Å². The van der Waals surface area contributed by atoms with Gasteiger partial charge in [-0.3, -0.25) is 9.69 Å². The molecule has 3 aliphatic heterocycles. The molecule has 3 aliphatic rings. The second kappa shape index (κ2) is 8.96. The molecule has 0 spiro atoms. The second-order valence-electron chi connectivity index (χ2n) is 9.71. The average molecular weight is 458 g/mol. The van der Waals surface area contributed by atoms with E-state index < -0.39 is 0 Å². The number of benzene rings is 2. The molecule has 0 radical (unpaired) electrons. The Morgan fingerprint density at radius 1 is 1.09 bits per heavy atom. The van der Waals surface area contributed by atoms with Crippen LogP contribution in [0.25, 0.3) is 10.8 Å². The number of rotatable bonds is 5. The van der Waals surface area contributed by atoms with Crippen molar-refractivity contribution >= 4 is 22.4 Å². The lowest BCUT2D eigenvalue weighted by atomic mass is 9.85. The molecular weight excluding hydrogens is 426 g/mol. The number of anilines is 1. The van der Waals surface area contributed by atoms with Gasteiger partial charge in [0.1, 0.15) is 0 Å². The van der Waals surface area contributed by atoms with Gasteiger partial charge in [0.25, 0.3) is 5.91 Å². The molecule has 1 N–H and O–H groups in total. The van der Waals surface area contributed by atoms with Gasteiger partial charge in [-0.2, -0.15) is 0 Å². The van der Waals surface area contributed by atoms with Crippen LogP contribution in [0.2, 0.25) is 0 Å². The highest BCUT2D eigenvalue weighted by atomic mass is 16.5. The Morgan fingerprint density at radius 3 is 2.65 bits per heavy atom. The molecule has 6 rings (SSSR count). The van der Waals surface area contributed by atoms with Crippen LogP contribution >= 0.6 is 0 Å². The summed E-state index contributed by atoms with van der Waals surface area (Å²) in [5.41, 5.74) is 4.48. The van der Waals surface area contributed by atoms with E-state index in [-0.39, 0.29) is 11.9 Å². The van der Waals surface area contributed by atoms with E-state index in [0.29, 0.717) is 11.9 Å². The highest BCUT2D eigenvalue weighted by molar-refractivity contribution is 6.25. The lowest BCUT2D eigenvalue weighted by Crippen LogP contribution is -2.47. The van der Waals surface area contributed by atoms with Crippen LogP contribution in [-0.2, 0) is 6.54 Å². The molecule has 176 valence electrons. The molecule has 1 atom stereocenters. The summed E-state index contributed by atoms with van der Waals surface area (Å²) in [5, 5.41) is 5.89. The molecule has 4 heterocycles. The summed E-state index contributed by atoms with van der Waals surface area (Å²) in [6.07, 6.45) is 8.11. The Bertz CT molecular complexity index is 1200. The third-order valence-electron chi connectivity index (χ3n) is 7.69. The Morgan fingerprint density at radius 2 is 1.91 bits per heavy atom. The molecule has 0 bridgehead atoms. The van der Waals surface area contributed by atoms with Crippen LogP contribution in [0.4, 0.5) is 5.69 Å². The normalized spacial score (nSPS) is 21.4. The molecule has 1 aromatic heterocycles. The van der Waals surface area contributed by atoms with Crippen molar-refractivity contribution in [3.05, 3.63) is 59.4 Å². The van der Waals surface area contributed by atoms with Gasteiger partial charge < -0.3 is 15.0 Å². The van der Waals surface area contributed by atoms with Gasteiger partial charge in [0.15, 0.2) is 0 Å². The summed E-state index contributed by atoms with van der Waals surface area (Å²) < 4.78 is 5.06. The Hall–Kier alpha value is -3.03. The van der Waals surface area contributed by atoms with E-state index in [2.05, 4.69) is 55.4 Å². The van der Waals surface area contributed by atoms with Crippen molar-refractivity contribution in [1.29, 1.82) is 0 Å². The van der Waals surface area contributed by atoms with Crippen molar-refractivity contribution in [2.75, 3.05) is 38.2 Å². The number of ether oxygens (including phenoxy) is 1. The number of methoxy groups -OCH3 is 1. The van der Waals surface area contributed by atoms with Gasteiger partial charge in [0.05, 0.1) is 12.8 Å². The SMILES string of the molecule is COc1ncc(CN2CCC(c3ccc4c5c(cccc35)N(C3CCCNC3)C4=O)CC2)cn1. The zero-order valence-electron chi connectivity index (χ0n) is 19.7. The largest absolute Gasteiger partial charge is 0.467 e. The van der Waals surface area contributed by atoms with Gasteiger partial charge in [-0.25, -0.2) is 9.97 Å². The van der Waals surface area contributed by atoms with Gasteiger partial charge in [-0.05, 0) is 74.3 Å². The number of carbonyl (C=O) groups is 1. The smallest absolute Gasteiger partial charge is 0.316 e. The van der Waals surface area contributed by atoms with Crippen molar-refractivity contribution in [1.82, 2.24) is 20.2 Å². The maximum Gasteiger partial charge on any atom is 0.316 e. The molecule has 2 saturated heterocycles. The zero-order valence-corrected chi connectivity index (χ0v) is 19.7. The van der Waals surface area contributed by atoms with E-state index in [0.717, 1.165) is 80.6 Å². The van der Waals surface area contributed by atoms with E-state index in [4.69, 9.17) is 4.74 Å². The maximum atomic E-state index is 13.4. The lowest BCUT2D eigenvalue weighted by molar-refractivity contribution is 0.0979. The van der Waals surface area contributed by atoms with Crippen molar-refractivity contribution in [2.24, 2.45) is 0 Å². The maximum absolute atomic E-state index is 13.4. The molecule has 3 aromatic rings. The van der Waals surface area contributed by atoms with Crippen LogP contribution in [0, 0.1) is 0 Å². The quantitative estimate of drug-likeness (QED) is 0.630. The monoisotopic (exact) mass is 457 g/mol. The first kappa shape index (κ1) is 21.5. The predicted molar refractivity (Wildman–Crippen MR) is 132 cm³/mol. The highest BCUT2D eigenvalue weighted by Crippen LogP contribution is 2.43. The number of piperidine rings is 2. The fourth-order valence-electron chi connectivity index (χ4n) is 5.99. The van der Waals surface area contributed by atoms with Crippen molar-refractivity contribution < 1.29 is 9.53 Å². The van der Waals surface area contributed by atoms with Gasteiger partial charge in [0, 0.05) is 48.0 Å². The van der Waals surface area contributed by atoms with E-state index >= 15 is 0 Å². The number of hydrogen-bond acceptors (Lipinski definition) is 6. The van der Waals surface area contributed by atoms with Gasteiger partial charge >= 0.3 is 6.01 Å². The molecule has 2 aromatic carbocycles. The third kappa shape index (κ3) is 3.73. The summed E-state index contributed by atoms with van der Waals surface area (Å²) in [5.74, 6) is 0.677. The van der Waals surface area contributed by atoms with E-state index in [1.165, 1.54) is 10.9 Å². The Balaban J connectivity index is 1.22. The highest BCUT2D eigenvalue weighted by Gasteiger charge is 2.36. The van der Waals surface area contributed by atoms with E-state index in [1.807, 2.05) is 12.4 Å². The number of carbonyl (C=O) groups excluding carboxylic acids is 1. The Labute approximate surface area is 200 Å². The van der Waals surface area contributed by atoms with Crippen molar-refractivity contribution in [2.45, 2.75) is 44.2 Å². The van der Waals surface area contributed by atoms with Crippen LogP contribution in [0.5, 0.6) is 6.01 Å². The molecule has 34 heavy (non-hydrogen) atoms. The number of hydrogen-bond donors (Lipinski definition) is 1. The number of aromatic nitrogens is 2. The topological polar surface area (TPSA) is 70.6 Å². The molecule has 0 saturated carbocycles. The summed E-state index contributed by atoms with van der Waals surface area (Å²) in [7, 11) is 1.58. The first-order chi connectivity index (χ1) is 16.7. The average Bonchev–Trinajstić information content (AvgIpc) is 3.18. The fourth-order valence-corrected chi connectivity index (χ4v) is 5.99. The standard InChI is InChI=1S/C27H31N5O2/c1-34-27-29-14-18(15-30-27)17-31-12-9-19(10-13-31)21-7-8-23-25-22(21)5-2-6-24(25)32(26(23)33)20-4-3-11-28-16-20/h2,5-8,14-15,19-20,28H,3-4,9-13,16-17H2,1H3. The van der Waals surface area contributed by atoms with E-state index in [1.54, 1.807) is 7.11 Å². The summed E-state index contributed by atoms with van der Waals surface area (Å²) in [4.78, 5) is 26.4. The van der Waals surface area contributed by atoms with Crippen LogP contribution < -0.4 is 15.0 Å². The fraction of sp³-hybridized carbons (Fsp3) is 0.444. The first-order valence-electron chi connectivity index (χ1n) is 12.4.